The van der Waals surface area contributed by atoms with Crippen molar-refractivity contribution in [2.24, 2.45) is 5.10 Å². The average molecular weight is 417 g/mol. The van der Waals surface area contributed by atoms with Crippen LogP contribution in [0.5, 0.6) is 11.5 Å². The van der Waals surface area contributed by atoms with Gasteiger partial charge in [0.1, 0.15) is 6.33 Å². The van der Waals surface area contributed by atoms with Crippen LogP contribution in [0.2, 0.25) is 5.02 Å². The molecule has 0 bridgehead atoms. The van der Waals surface area contributed by atoms with E-state index in [4.69, 9.17) is 21.1 Å². The summed E-state index contributed by atoms with van der Waals surface area (Å²) in [5.41, 5.74) is 2.04. The molecule has 6 nitrogen and oxygen atoms in total. The fraction of sp³-hybridized carbons (Fsp3) is 0.250. The van der Waals surface area contributed by atoms with Crippen LogP contribution in [0, 0.1) is 0 Å². The molecule has 0 radical (unpaired) electrons. The van der Waals surface area contributed by atoms with Crippen molar-refractivity contribution in [1.82, 2.24) is 14.9 Å². The number of rotatable bonds is 8. The van der Waals surface area contributed by atoms with Crippen molar-refractivity contribution in [1.29, 1.82) is 0 Å². The molecule has 0 N–H and O–H groups in total. The van der Waals surface area contributed by atoms with Gasteiger partial charge in [-0.25, -0.2) is 0 Å². The first-order valence-electron chi connectivity index (χ1n) is 8.71. The van der Waals surface area contributed by atoms with Gasteiger partial charge in [-0.05, 0) is 55.3 Å². The lowest BCUT2D eigenvalue weighted by Gasteiger charge is -2.13. The fourth-order valence-electron chi connectivity index (χ4n) is 2.37. The van der Waals surface area contributed by atoms with Crippen LogP contribution in [0.3, 0.4) is 0 Å². The van der Waals surface area contributed by atoms with Gasteiger partial charge < -0.3 is 9.47 Å². The maximum Gasteiger partial charge on any atom is 0.212 e. The lowest BCUT2D eigenvalue weighted by atomic mass is 10.2. The fourth-order valence-corrected chi connectivity index (χ4v) is 3.31. The zero-order valence-electron chi connectivity index (χ0n) is 15.9. The number of hydrogen-bond acceptors (Lipinski definition) is 6. The van der Waals surface area contributed by atoms with Gasteiger partial charge in [0.25, 0.3) is 0 Å². The molecule has 0 saturated carbocycles. The van der Waals surface area contributed by atoms with Crippen molar-refractivity contribution < 1.29 is 9.47 Å². The summed E-state index contributed by atoms with van der Waals surface area (Å²) < 4.78 is 12.8. The molecule has 2 aromatic carbocycles. The Bertz CT molecular complexity index is 942. The van der Waals surface area contributed by atoms with Gasteiger partial charge in [-0.3, -0.25) is 0 Å². The second-order valence-electron chi connectivity index (χ2n) is 6.19. The highest BCUT2D eigenvalue weighted by Gasteiger charge is 2.08. The van der Waals surface area contributed by atoms with Gasteiger partial charge >= 0.3 is 0 Å². The van der Waals surface area contributed by atoms with Gasteiger partial charge in [0.2, 0.25) is 5.16 Å². The van der Waals surface area contributed by atoms with Crippen LogP contribution < -0.4 is 9.47 Å². The molecule has 0 saturated heterocycles. The Morgan fingerprint density at radius 2 is 1.96 bits per heavy atom. The van der Waals surface area contributed by atoms with E-state index < -0.39 is 0 Å². The highest BCUT2D eigenvalue weighted by atomic mass is 35.5. The summed E-state index contributed by atoms with van der Waals surface area (Å²) in [6.45, 7) is 3.95. The van der Waals surface area contributed by atoms with Crippen LogP contribution in [-0.2, 0) is 5.75 Å². The standard InChI is InChI=1S/C20H21ClN4O2S/c1-14(2)27-18-9-6-16(10-19(18)26-3)11-23-25-13-22-24-20(25)28-12-15-4-7-17(21)8-5-15/h4-11,13-14H,12H2,1-3H3/b23-11-. The van der Waals surface area contributed by atoms with E-state index in [0.29, 0.717) is 16.7 Å². The second kappa shape index (κ2) is 9.61. The van der Waals surface area contributed by atoms with E-state index in [1.165, 1.54) is 0 Å². The van der Waals surface area contributed by atoms with Crippen molar-refractivity contribution in [2.75, 3.05) is 7.11 Å². The summed E-state index contributed by atoms with van der Waals surface area (Å²) in [5, 5.41) is 14.0. The third-order valence-electron chi connectivity index (χ3n) is 3.66. The van der Waals surface area contributed by atoms with Crippen LogP contribution in [0.4, 0.5) is 0 Å². The molecule has 0 aliphatic rings. The second-order valence-corrected chi connectivity index (χ2v) is 7.57. The first-order valence-corrected chi connectivity index (χ1v) is 10.1. The van der Waals surface area contributed by atoms with E-state index in [1.807, 2.05) is 56.3 Å². The number of benzene rings is 2. The number of methoxy groups -OCH3 is 1. The van der Waals surface area contributed by atoms with Crippen LogP contribution in [0.15, 0.2) is 59.0 Å². The highest BCUT2D eigenvalue weighted by molar-refractivity contribution is 7.98. The van der Waals surface area contributed by atoms with E-state index in [2.05, 4.69) is 15.3 Å². The average Bonchev–Trinajstić information content (AvgIpc) is 3.13. The van der Waals surface area contributed by atoms with Crippen LogP contribution >= 0.6 is 23.4 Å². The van der Waals surface area contributed by atoms with Crippen molar-refractivity contribution in [3.63, 3.8) is 0 Å². The Balaban J connectivity index is 1.69. The summed E-state index contributed by atoms with van der Waals surface area (Å²) in [4.78, 5) is 0. The molecule has 1 aromatic heterocycles. The van der Waals surface area contributed by atoms with E-state index in [9.17, 15) is 0 Å². The molecule has 0 amide bonds. The van der Waals surface area contributed by atoms with Gasteiger partial charge in [-0.2, -0.15) is 9.78 Å². The molecule has 28 heavy (non-hydrogen) atoms. The van der Waals surface area contributed by atoms with Gasteiger partial charge in [-0.15, -0.1) is 10.2 Å². The molecule has 0 spiro atoms. The molecular weight excluding hydrogens is 396 g/mol. The Kier molecular flexibility index (Phi) is 6.95. The Morgan fingerprint density at radius 1 is 1.18 bits per heavy atom. The summed E-state index contributed by atoms with van der Waals surface area (Å²) >= 11 is 7.48. The topological polar surface area (TPSA) is 61.5 Å². The molecule has 0 atom stereocenters. The summed E-state index contributed by atoms with van der Waals surface area (Å²) in [6.07, 6.45) is 3.39. The Morgan fingerprint density at radius 3 is 2.68 bits per heavy atom. The number of nitrogens with zero attached hydrogens (tertiary/aromatic N) is 4. The number of thioether (sulfide) groups is 1. The first-order chi connectivity index (χ1) is 13.5. The van der Waals surface area contributed by atoms with Crippen LogP contribution in [-0.4, -0.2) is 34.3 Å². The van der Waals surface area contributed by atoms with Crippen molar-refractivity contribution in [3.8, 4) is 11.5 Å². The normalized spacial score (nSPS) is 11.3. The van der Waals surface area contributed by atoms with Crippen molar-refractivity contribution in [2.45, 2.75) is 30.9 Å². The van der Waals surface area contributed by atoms with Gasteiger partial charge in [-0.1, -0.05) is 35.5 Å². The molecule has 0 fully saturated rings. The number of hydrogen-bond donors (Lipinski definition) is 0. The minimum atomic E-state index is 0.0747. The number of halogens is 1. The third-order valence-corrected chi connectivity index (χ3v) is 4.92. The maximum atomic E-state index is 5.92. The van der Waals surface area contributed by atoms with E-state index in [1.54, 1.807) is 36.1 Å². The Hall–Kier alpha value is -2.51. The molecule has 0 aliphatic carbocycles. The van der Waals surface area contributed by atoms with E-state index >= 15 is 0 Å². The van der Waals surface area contributed by atoms with Gasteiger partial charge in [0.15, 0.2) is 11.5 Å². The smallest absolute Gasteiger partial charge is 0.212 e. The Labute approximate surface area is 173 Å². The van der Waals surface area contributed by atoms with Gasteiger partial charge in [0, 0.05) is 10.8 Å². The number of aromatic nitrogens is 3. The van der Waals surface area contributed by atoms with Crippen molar-refractivity contribution in [3.05, 3.63) is 64.9 Å². The van der Waals surface area contributed by atoms with Crippen molar-refractivity contribution >= 4 is 29.6 Å². The third kappa shape index (κ3) is 5.50. The molecule has 3 aromatic rings. The quantitative estimate of drug-likeness (QED) is 0.386. The summed E-state index contributed by atoms with van der Waals surface area (Å²) in [5.74, 6) is 2.12. The zero-order valence-corrected chi connectivity index (χ0v) is 17.4. The minimum Gasteiger partial charge on any atom is -0.493 e. The highest BCUT2D eigenvalue weighted by Crippen LogP contribution is 2.28. The SMILES string of the molecule is COc1cc(/C=N\n2cnnc2SCc2ccc(Cl)cc2)ccc1OC(C)C. The van der Waals surface area contributed by atoms with E-state index in [0.717, 1.165) is 21.9 Å². The molecule has 1 heterocycles. The van der Waals surface area contributed by atoms with Crippen LogP contribution in [0.1, 0.15) is 25.0 Å². The predicted octanol–water partition coefficient (Wildman–Crippen LogP) is 4.90. The molecule has 0 unspecified atom stereocenters. The number of ether oxygens (including phenoxy) is 2. The van der Waals surface area contributed by atoms with Crippen LogP contribution in [0.25, 0.3) is 0 Å². The maximum absolute atomic E-state index is 5.92. The predicted molar refractivity (Wildman–Crippen MR) is 113 cm³/mol. The molecular formula is C20H21ClN4O2S. The molecule has 0 aliphatic heterocycles. The lowest BCUT2D eigenvalue weighted by Crippen LogP contribution is -2.06. The molecule has 146 valence electrons. The zero-order chi connectivity index (χ0) is 19.9. The van der Waals surface area contributed by atoms with Gasteiger partial charge in [0.05, 0.1) is 19.4 Å². The first kappa shape index (κ1) is 20.2. The molecule has 8 heteroatoms. The van der Waals surface area contributed by atoms with E-state index in [-0.39, 0.29) is 6.10 Å². The largest absolute Gasteiger partial charge is 0.493 e. The summed E-state index contributed by atoms with van der Waals surface area (Å²) in [7, 11) is 1.62. The lowest BCUT2D eigenvalue weighted by molar-refractivity contribution is 0.230. The molecule has 3 rings (SSSR count). The monoisotopic (exact) mass is 416 g/mol. The minimum absolute atomic E-state index is 0.0747. The summed E-state index contributed by atoms with van der Waals surface area (Å²) in [6, 6.07) is 13.4.